The van der Waals surface area contributed by atoms with Crippen LogP contribution in [0.5, 0.6) is 0 Å². The van der Waals surface area contributed by atoms with Crippen LogP contribution in [0.3, 0.4) is 0 Å². The zero-order valence-electron chi connectivity index (χ0n) is 15.8. The summed E-state index contributed by atoms with van der Waals surface area (Å²) in [6.07, 6.45) is -3.32. The molecule has 0 fully saturated rings. The molecule has 0 aliphatic heterocycles. The lowest BCUT2D eigenvalue weighted by molar-refractivity contribution is -0.137. The summed E-state index contributed by atoms with van der Waals surface area (Å²) in [5.41, 5.74) is 5.83. The average Bonchev–Trinajstić information content (AvgIpc) is 3.14. The minimum Gasteiger partial charge on any atom is -0.383 e. The molecule has 4 aromatic rings. The number of nitrogens with two attached hydrogens (primary N) is 1. The molecule has 0 saturated carbocycles. The summed E-state index contributed by atoms with van der Waals surface area (Å²) in [5.74, 6) is -0.710. The molecule has 2 heterocycles. The first kappa shape index (κ1) is 21.8. The van der Waals surface area contributed by atoms with E-state index in [-0.39, 0.29) is 10.7 Å². The predicted molar refractivity (Wildman–Crippen MR) is 116 cm³/mol. The maximum Gasteiger partial charge on any atom is 0.416 e. The van der Waals surface area contributed by atoms with Crippen molar-refractivity contribution in [3.05, 3.63) is 64.5 Å². The zero-order chi connectivity index (χ0) is 23.0. The number of aromatic nitrogens is 2. The lowest BCUT2D eigenvalue weighted by Gasteiger charge is -2.12. The number of carbonyl (C=O) groups is 1. The number of carbonyl (C=O) groups excluding carboxylic acids is 1. The van der Waals surface area contributed by atoms with Crippen molar-refractivity contribution in [3.63, 3.8) is 0 Å². The third kappa shape index (κ3) is 4.30. The number of nitrogen functional groups attached to an aromatic ring is 1. The molecule has 0 spiro atoms. The molecule has 4 rings (SSSR count). The fraction of sp³-hybridized carbons (Fsp3) is 0.0500. The minimum absolute atomic E-state index is 0.243. The van der Waals surface area contributed by atoms with Crippen LogP contribution in [0, 0.1) is 5.82 Å². The van der Waals surface area contributed by atoms with Crippen molar-refractivity contribution in [1.29, 1.82) is 0 Å². The van der Waals surface area contributed by atoms with Gasteiger partial charge >= 0.3 is 12.2 Å². The van der Waals surface area contributed by atoms with Crippen LogP contribution < -0.4 is 16.4 Å². The van der Waals surface area contributed by atoms with Gasteiger partial charge in [-0.25, -0.2) is 19.2 Å². The van der Waals surface area contributed by atoms with E-state index in [1.165, 1.54) is 29.8 Å². The van der Waals surface area contributed by atoms with Gasteiger partial charge in [0, 0.05) is 22.2 Å². The highest BCUT2D eigenvalue weighted by molar-refractivity contribution is 7.17. The summed E-state index contributed by atoms with van der Waals surface area (Å²) in [5, 5.41) is 7.22. The van der Waals surface area contributed by atoms with E-state index in [9.17, 15) is 22.4 Å². The summed E-state index contributed by atoms with van der Waals surface area (Å²) in [6.45, 7) is 0. The second-order valence-corrected chi connectivity index (χ2v) is 7.82. The molecular formula is C20H12ClF4N5OS. The molecule has 164 valence electrons. The number of nitrogens with one attached hydrogen (secondary N) is 2. The smallest absolute Gasteiger partial charge is 0.383 e. The molecule has 2 amide bonds. The van der Waals surface area contributed by atoms with Gasteiger partial charge in [-0.2, -0.15) is 13.2 Å². The number of hydrogen-bond acceptors (Lipinski definition) is 5. The number of amides is 2. The van der Waals surface area contributed by atoms with E-state index in [4.69, 9.17) is 17.3 Å². The Balaban J connectivity index is 1.55. The molecule has 6 nitrogen and oxygen atoms in total. The van der Waals surface area contributed by atoms with E-state index in [2.05, 4.69) is 20.6 Å². The molecule has 2 aromatic carbocycles. The van der Waals surface area contributed by atoms with Crippen LogP contribution >= 0.6 is 22.9 Å². The Morgan fingerprint density at radius 3 is 2.56 bits per heavy atom. The Morgan fingerprint density at radius 1 is 1.06 bits per heavy atom. The van der Waals surface area contributed by atoms with Crippen molar-refractivity contribution in [2.24, 2.45) is 0 Å². The second kappa shape index (κ2) is 8.24. The summed E-state index contributed by atoms with van der Waals surface area (Å²) in [7, 11) is 0. The number of halogens is 5. The minimum atomic E-state index is -4.68. The van der Waals surface area contributed by atoms with Gasteiger partial charge in [-0.15, -0.1) is 11.3 Å². The van der Waals surface area contributed by atoms with Gasteiger partial charge in [0.05, 0.1) is 21.7 Å². The summed E-state index contributed by atoms with van der Waals surface area (Å²) < 4.78 is 52.3. The molecule has 0 unspecified atom stereocenters. The summed E-state index contributed by atoms with van der Waals surface area (Å²) in [6, 6.07) is 5.41. The highest BCUT2D eigenvalue weighted by atomic mass is 35.5. The molecule has 12 heteroatoms. The first-order valence-corrected chi connectivity index (χ1v) is 10.1. The number of anilines is 3. The fourth-order valence-electron chi connectivity index (χ4n) is 2.99. The highest BCUT2D eigenvalue weighted by Gasteiger charge is 2.31. The molecule has 2 aromatic heterocycles. The van der Waals surface area contributed by atoms with Crippen LogP contribution in [0.25, 0.3) is 21.3 Å². The highest BCUT2D eigenvalue weighted by Crippen LogP contribution is 2.39. The van der Waals surface area contributed by atoms with Crippen molar-refractivity contribution in [1.82, 2.24) is 9.97 Å². The largest absolute Gasteiger partial charge is 0.416 e. The SMILES string of the molecule is Nc1ncnc2scc(-c3ccc(NC(=O)Nc4cc(C(F)(F)F)ccc4F)cc3Cl)c12. The monoisotopic (exact) mass is 481 g/mol. The van der Waals surface area contributed by atoms with Crippen LogP contribution in [0.4, 0.5) is 39.5 Å². The van der Waals surface area contributed by atoms with E-state index in [1.807, 2.05) is 5.38 Å². The fourth-order valence-corrected chi connectivity index (χ4v) is 4.19. The van der Waals surface area contributed by atoms with E-state index in [1.54, 1.807) is 6.07 Å². The van der Waals surface area contributed by atoms with Gasteiger partial charge in [0.15, 0.2) is 0 Å². The van der Waals surface area contributed by atoms with E-state index in [0.29, 0.717) is 39.8 Å². The molecule has 0 aliphatic rings. The van der Waals surface area contributed by atoms with Crippen molar-refractivity contribution >= 4 is 56.4 Å². The van der Waals surface area contributed by atoms with Gasteiger partial charge in [0.2, 0.25) is 0 Å². The van der Waals surface area contributed by atoms with Crippen LogP contribution in [-0.4, -0.2) is 16.0 Å². The summed E-state index contributed by atoms with van der Waals surface area (Å²) in [4.78, 5) is 21.0. The number of fused-ring (bicyclic) bond motifs is 1. The lowest BCUT2D eigenvalue weighted by Crippen LogP contribution is -2.20. The van der Waals surface area contributed by atoms with E-state index in [0.717, 1.165) is 5.56 Å². The quantitative estimate of drug-likeness (QED) is 0.295. The third-order valence-corrected chi connectivity index (χ3v) is 5.66. The second-order valence-electron chi connectivity index (χ2n) is 6.55. The Morgan fingerprint density at radius 2 is 1.84 bits per heavy atom. The maximum absolute atomic E-state index is 13.8. The number of benzene rings is 2. The Hall–Kier alpha value is -3.44. The molecule has 4 N–H and O–H groups in total. The van der Waals surface area contributed by atoms with Crippen molar-refractivity contribution < 1.29 is 22.4 Å². The number of rotatable bonds is 3. The summed E-state index contributed by atoms with van der Waals surface area (Å²) >= 11 is 7.75. The first-order chi connectivity index (χ1) is 15.1. The molecular weight excluding hydrogens is 470 g/mol. The van der Waals surface area contributed by atoms with Crippen molar-refractivity contribution in [2.75, 3.05) is 16.4 Å². The molecule has 32 heavy (non-hydrogen) atoms. The Kier molecular flexibility index (Phi) is 5.61. The molecule has 0 aliphatic carbocycles. The number of nitrogens with zero attached hydrogens (tertiary/aromatic N) is 2. The molecule has 0 atom stereocenters. The van der Waals surface area contributed by atoms with Crippen molar-refractivity contribution in [3.8, 4) is 11.1 Å². The van der Waals surface area contributed by atoms with Gasteiger partial charge in [0.1, 0.15) is 22.8 Å². The Bertz CT molecular complexity index is 1340. The zero-order valence-corrected chi connectivity index (χ0v) is 17.4. The van der Waals surface area contributed by atoms with Crippen LogP contribution in [0.2, 0.25) is 5.02 Å². The topological polar surface area (TPSA) is 92.9 Å². The van der Waals surface area contributed by atoms with Crippen LogP contribution in [0.15, 0.2) is 48.1 Å². The normalized spacial score (nSPS) is 11.5. The predicted octanol–water partition coefficient (Wildman–Crippen LogP) is 6.40. The lowest BCUT2D eigenvalue weighted by atomic mass is 10.1. The first-order valence-electron chi connectivity index (χ1n) is 8.86. The standard InChI is InChI=1S/C20H12ClF4N5OS/c21-13-6-10(2-3-11(13)12-7-32-18-16(12)17(26)27-8-28-18)29-19(31)30-15-5-9(20(23,24)25)1-4-14(15)22/h1-8H,(H2,26,27,28)(H2,29,30,31). The Labute approximate surface area is 187 Å². The molecule has 0 bridgehead atoms. The number of hydrogen-bond donors (Lipinski definition) is 3. The van der Waals surface area contributed by atoms with Crippen LogP contribution in [0.1, 0.15) is 5.56 Å². The van der Waals surface area contributed by atoms with Gasteiger partial charge < -0.3 is 16.4 Å². The maximum atomic E-state index is 13.8. The number of thiophene rings is 1. The number of alkyl halides is 3. The van der Waals surface area contributed by atoms with E-state index < -0.39 is 29.3 Å². The molecule has 0 radical (unpaired) electrons. The van der Waals surface area contributed by atoms with Gasteiger partial charge in [-0.3, -0.25) is 0 Å². The molecule has 0 saturated heterocycles. The van der Waals surface area contributed by atoms with Crippen molar-refractivity contribution in [2.45, 2.75) is 6.18 Å². The van der Waals surface area contributed by atoms with Gasteiger partial charge in [-0.1, -0.05) is 17.7 Å². The average molecular weight is 482 g/mol. The van der Waals surface area contributed by atoms with Gasteiger partial charge in [0.25, 0.3) is 0 Å². The number of urea groups is 1. The third-order valence-electron chi connectivity index (χ3n) is 4.46. The van der Waals surface area contributed by atoms with E-state index >= 15 is 0 Å². The van der Waals surface area contributed by atoms with Gasteiger partial charge in [-0.05, 0) is 30.3 Å². The van der Waals surface area contributed by atoms with Crippen LogP contribution in [-0.2, 0) is 6.18 Å².